The Morgan fingerprint density at radius 1 is 1.00 bits per heavy atom. The monoisotopic (exact) mass is 402 g/mol. The van der Waals surface area contributed by atoms with Gasteiger partial charge in [-0.05, 0) is 56.7 Å². The van der Waals surface area contributed by atoms with Crippen LogP contribution in [0.4, 0.5) is 0 Å². The van der Waals surface area contributed by atoms with Crippen molar-refractivity contribution in [2.24, 2.45) is 0 Å². The molecule has 7 heteroatoms. The highest BCUT2D eigenvalue weighted by Gasteiger charge is 2.30. The first-order chi connectivity index (χ1) is 13.3. The molecule has 1 heterocycles. The minimum Gasteiger partial charge on any atom is -0.494 e. The Morgan fingerprint density at radius 2 is 1.64 bits per heavy atom. The van der Waals surface area contributed by atoms with Crippen LogP contribution in [-0.2, 0) is 10.0 Å². The summed E-state index contributed by atoms with van der Waals surface area (Å²) in [7, 11) is -3.58. The van der Waals surface area contributed by atoms with Gasteiger partial charge in [-0.1, -0.05) is 17.7 Å². The molecule has 0 aromatic heterocycles. The summed E-state index contributed by atoms with van der Waals surface area (Å²) >= 11 is 0. The molecule has 0 bridgehead atoms. The minimum absolute atomic E-state index is 0.0457. The van der Waals surface area contributed by atoms with E-state index in [1.807, 2.05) is 39.0 Å². The molecule has 0 radical (unpaired) electrons. The molecule has 0 atom stereocenters. The number of benzene rings is 2. The lowest BCUT2D eigenvalue weighted by Crippen LogP contribution is -2.50. The number of carbonyl (C=O) groups is 1. The van der Waals surface area contributed by atoms with Crippen molar-refractivity contribution >= 4 is 15.9 Å². The third kappa shape index (κ3) is 4.20. The van der Waals surface area contributed by atoms with Crippen molar-refractivity contribution in [1.29, 1.82) is 0 Å². The molecular weight excluding hydrogens is 376 g/mol. The summed E-state index contributed by atoms with van der Waals surface area (Å²) in [5, 5.41) is 0. The number of hydrogen-bond donors (Lipinski definition) is 0. The molecule has 1 aliphatic heterocycles. The van der Waals surface area contributed by atoms with Gasteiger partial charge in [-0.25, -0.2) is 8.42 Å². The average molecular weight is 403 g/mol. The molecule has 2 aromatic carbocycles. The van der Waals surface area contributed by atoms with Crippen LogP contribution < -0.4 is 4.74 Å². The second-order valence-corrected chi connectivity index (χ2v) is 8.86. The summed E-state index contributed by atoms with van der Waals surface area (Å²) in [4.78, 5) is 14.8. The number of sulfonamides is 1. The lowest BCUT2D eigenvalue weighted by Gasteiger charge is -2.34. The fraction of sp³-hybridized carbons (Fsp3) is 0.381. The molecule has 0 saturated carbocycles. The lowest BCUT2D eigenvalue weighted by molar-refractivity contribution is 0.0697. The van der Waals surface area contributed by atoms with Crippen LogP contribution >= 0.6 is 0 Å². The highest BCUT2D eigenvalue weighted by atomic mass is 32.2. The highest BCUT2D eigenvalue weighted by molar-refractivity contribution is 7.89. The number of rotatable bonds is 5. The number of nitrogens with zero attached hydrogens (tertiary/aromatic N) is 2. The van der Waals surface area contributed by atoms with Gasteiger partial charge in [-0.3, -0.25) is 4.79 Å². The molecule has 1 fully saturated rings. The van der Waals surface area contributed by atoms with Crippen LogP contribution in [0, 0.1) is 13.8 Å². The second-order valence-electron chi connectivity index (χ2n) is 6.92. The van der Waals surface area contributed by atoms with Gasteiger partial charge < -0.3 is 9.64 Å². The van der Waals surface area contributed by atoms with Crippen LogP contribution in [0.3, 0.4) is 0 Å². The normalized spacial score (nSPS) is 15.5. The second kappa shape index (κ2) is 8.32. The highest BCUT2D eigenvalue weighted by Crippen LogP contribution is 2.22. The first kappa shape index (κ1) is 20.4. The zero-order valence-electron chi connectivity index (χ0n) is 16.5. The smallest absolute Gasteiger partial charge is 0.254 e. The zero-order chi connectivity index (χ0) is 20.3. The standard InChI is InChI=1S/C21H26N2O4S/c1-4-27-18-6-8-19(9-7-18)28(25,26)23-13-11-22(12-14-23)21(24)20-10-5-16(2)15-17(20)3/h5-10,15H,4,11-14H2,1-3H3. The molecule has 0 aliphatic carbocycles. The van der Waals surface area contributed by atoms with Crippen molar-refractivity contribution in [3.05, 3.63) is 59.2 Å². The Labute approximate surface area is 166 Å². The molecule has 2 aromatic rings. The third-order valence-corrected chi connectivity index (χ3v) is 6.82. The van der Waals surface area contributed by atoms with Gasteiger partial charge in [-0.15, -0.1) is 0 Å². The molecule has 150 valence electrons. The van der Waals surface area contributed by atoms with Crippen LogP contribution in [0.5, 0.6) is 5.75 Å². The van der Waals surface area contributed by atoms with Crippen LogP contribution in [0.25, 0.3) is 0 Å². The summed E-state index contributed by atoms with van der Waals surface area (Å²) in [5.74, 6) is 0.598. The maximum absolute atomic E-state index is 12.9. The topological polar surface area (TPSA) is 66.9 Å². The molecule has 0 N–H and O–H groups in total. The number of hydrogen-bond acceptors (Lipinski definition) is 4. The first-order valence-electron chi connectivity index (χ1n) is 9.42. The molecule has 28 heavy (non-hydrogen) atoms. The van der Waals surface area contributed by atoms with Gasteiger partial charge in [0.25, 0.3) is 5.91 Å². The summed E-state index contributed by atoms with van der Waals surface area (Å²) in [6, 6.07) is 12.2. The zero-order valence-corrected chi connectivity index (χ0v) is 17.3. The van der Waals surface area contributed by atoms with Crippen LogP contribution in [0.2, 0.25) is 0 Å². The SMILES string of the molecule is CCOc1ccc(S(=O)(=O)N2CCN(C(=O)c3ccc(C)cc3C)CC2)cc1. The van der Waals surface area contributed by atoms with Gasteiger partial charge >= 0.3 is 0 Å². The van der Waals surface area contributed by atoms with E-state index in [0.717, 1.165) is 11.1 Å². The lowest BCUT2D eigenvalue weighted by atomic mass is 10.0. The van der Waals surface area contributed by atoms with E-state index < -0.39 is 10.0 Å². The minimum atomic E-state index is -3.58. The Kier molecular flexibility index (Phi) is 6.05. The van der Waals surface area contributed by atoms with Gasteiger partial charge in [0, 0.05) is 31.7 Å². The quantitative estimate of drug-likeness (QED) is 0.771. The number of ether oxygens (including phenoxy) is 1. The molecule has 1 saturated heterocycles. The Morgan fingerprint density at radius 3 is 2.21 bits per heavy atom. The van der Waals surface area contributed by atoms with E-state index in [-0.39, 0.29) is 23.9 Å². The molecule has 6 nitrogen and oxygen atoms in total. The van der Waals surface area contributed by atoms with Crippen molar-refractivity contribution in [2.75, 3.05) is 32.8 Å². The summed E-state index contributed by atoms with van der Waals surface area (Å²) < 4.78 is 32.6. The Hall–Kier alpha value is -2.38. The third-order valence-electron chi connectivity index (χ3n) is 4.91. The van der Waals surface area contributed by atoms with Gasteiger partial charge in [0.2, 0.25) is 10.0 Å². The fourth-order valence-corrected chi connectivity index (χ4v) is 4.80. The number of carbonyl (C=O) groups excluding carboxylic acids is 1. The summed E-state index contributed by atoms with van der Waals surface area (Å²) in [5.41, 5.74) is 2.73. The molecule has 3 rings (SSSR count). The number of amides is 1. The average Bonchev–Trinajstić information content (AvgIpc) is 2.68. The van der Waals surface area contributed by atoms with Crippen LogP contribution in [-0.4, -0.2) is 56.3 Å². The van der Waals surface area contributed by atoms with Crippen molar-refractivity contribution < 1.29 is 17.9 Å². The number of piperazine rings is 1. The van der Waals surface area contributed by atoms with Gasteiger partial charge in [0.1, 0.15) is 5.75 Å². The predicted molar refractivity (Wildman–Crippen MR) is 108 cm³/mol. The van der Waals surface area contributed by atoms with Crippen LogP contribution in [0.1, 0.15) is 28.4 Å². The first-order valence-corrected chi connectivity index (χ1v) is 10.9. The van der Waals surface area contributed by atoms with E-state index in [1.165, 1.54) is 4.31 Å². The molecular formula is C21H26N2O4S. The van der Waals surface area contributed by atoms with E-state index in [4.69, 9.17) is 4.74 Å². The van der Waals surface area contributed by atoms with Gasteiger partial charge in [0.05, 0.1) is 11.5 Å². The summed E-state index contributed by atoms with van der Waals surface area (Å²) in [6.07, 6.45) is 0. The predicted octanol–water partition coefficient (Wildman–Crippen LogP) is 2.85. The fourth-order valence-electron chi connectivity index (χ4n) is 3.38. The van der Waals surface area contributed by atoms with Crippen molar-refractivity contribution in [2.45, 2.75) is 25.7 Å². The number of aryl methyl sites for hydroxylation is 2. The maximum Gasteiger partial charge on any atom is 0.254 e. The van der Waals surface area contributed by atoms with Gasteiger partial charge in [-0.2, -0.15) is 4.31 Å². The molecule has 1 amide bonds. The van der Waals surface area contributed by atoms with E-state index in [0.29, 0.717) is 31.0 Å². The van der Waals surface area contributed by atoms with E-state index in [9.17, 15) is 13.2 Å². The van der Waals surface area contributed by atoms with E-state index in [2.05, 4.69) is 0 Å². The van der Waals surface area contributed by atoms with Crippen molar-refractivity contribution in [3.8, 4) is 5.75 Å². The summed E-state index contributed by atoms with van der Waals surface area (Å²) in [6.45, 7) is 7.65. The molecule has 0 unspecified atom stereocenters. The largest absolute Gasteiger partial charge is 0.494 e. The van der Waals surface area contributed by atoms with Crippen LogP contribution in [0.15, 0.2) is 47.4 Å². The van der Waals surface area contributed by atoms with E-state index in [1.54, 1.807) is 29.2 Å². The van der Waals surface area contributed by atoms with Crippen molar-refractivity contribution in [1.82, 2.24) is 9.21 Å². The maximum atomic E-state index is 12.9. The Balaban J connectivity index is 1.67. The Bertz CT molecular complexity index is 947. The van der Waals surface area contributed by atoms with Crippen molar-refractivity contribution in [3.63, 3.8) is 0 Å². The molecule has 1 aliphatic rings. The molecule has 0 spiro atoms. The van der Waals surface area contributed by atoms with E-state index >= 15 is 0 Å². The van der Waals surface area contributed by atoms with Gasteiger partial charge in [0.15, 0.2) is 0 Å².